The number of benzene rings is 1. The van der Waals surface area contributed by atoms with Crippen LogP contribution in [-0.2, 0) is 11.3 Å². The molecule has 18 heavy (non-hydrogen) atoms. The minimum Gasteiger partial charge on any atom is -0.373 e. The van der Waals surface area contributed by atoms with Crippen molar-refractivity contribution >= 4 is 15.9 Å². The van der Waals surface area contributed by atoms with Gasteiger partial charge in [-0.2, -0.15) is 0 Å². The molecule has 1 aromatic carbocycles. The zero-order chi connectivity index (χ0) is 13.3. The molecule has 1 aromatic rings. The maximum Gasteiger partial charge on any atom is 0.144 e. The first-order valence-electron chi connectivity index (χ1n) is 5.97. The van der Waals surface area contributed by atoms with Crippen LogP contribution in [0.15, 0.2) is 16.6 Å². The molecule has 0 unspecified atom stereocenters. The maximum atomic E-state index is 13.9. The number of morpholine rings is 1. The molecular formula is C13H16BrF2NO. The average molecular weight is 320 g/mol. The van der Waals surface area contributed by atoms with Gasteiger partial charge in [-0.25, -0.2) is 8.78 Å². The highest BCUT2D eigenvalue weighted by molar-refractivity contribution is 9.10. The van der Waals surface area contributed by atoms with Crippen LogP contribution in [0.2, 0.25) is 0 Å². The van der Waals surface area contributed by atoms with Gasteiger partial charge in [0.1, 0.15) is 11.6 Å². The van der Waals surface area contributed by atoms with Crippen LogP contribution >= 0.6 is 15.9 Å². The van der Waals surface area contributed by atoms with Gasteiger partial charge in [0.25, 0.3) is 0 Å². The van der Waals surface area contributed by atoms with Crippen LogP contribution in [-0.4, -0.2) is 30.2 Å². The number of hydrogen-bond acceptors (Lipinski definition) is 2. The normalized spacial score (nSPS) is 25.4. The van der Waals surface area contributed by atoms with Crippen LogP contribution in [0.1, 0.15) is 19.4 Å². The fraction of sp³-hybridized carbons (Fsp3) is 0.538. The Bertz CT molecular complexity index is 431. The van der Waals surface area contributed by atoms with Crippen molar-refractivity contribution in [3.8, 4) is 0 Å². The zero-order valence-corrected chi connectivity index (χ0v) is 12.0. The molecule has 1 aliphatic rings. The Labute approximate surface area is 114 Å². The number of ether oxygens (including phenoxy) is 1. The number of halogens is 3. The van der Waals surface area contributed by atoms with Crippen molar-refractivity contribution in [2.45, 2.75) is 32.6 Å². The predicted octanol–water partition coefficient (Wildman–Crippen LogP) is 3.34. The molecule has 2 atom stereocenters. The van der Waals surface area contributed by atoms with Crippen LogP contribution in [0.4, 0.5) is 8.78 Å². The first kappa shape index (κ1) is 13.9. The smallest absolute Gasteiger partial charge is 0.144 e. The lowest BCUT2D eigenvalue weighted by atomic mass is 10.1. The summed E-state index contributed by atoms with van der Waals surface area (Å²) in [4.78, 5) is 2.02. The number of nitrogens with zero attached hydrogens (tertiary/aromatic N) is 1. The molecule has 100 valence electrons. The van der Waals surface area contributed by atoms with Crippen molar-refractivity contribution in [3.05, 3.63) is 33.8 Å². The van der Waals surface area contributed by atoms with E-state index in [2.05, 4.69) is 15.9 Å². The van der Waals surface area contributed by atoms with Gasteiger partial charge in [0, 0.05) is 25.2 Å². The van der Waals surface area contributed by atoms with E-state index in [4.69, 9.17) is 4.74 Å². The molecule has 2 nitrogen and oxygen atoms in total. The molecule has 1 heterocycles. The molecule has 0 aliphatic carbocycles. The van der Waals surface area contributed by atoms with Crippen LogP contribution in [0.25, 0.3) is 0 Å². The Kier molecular flexibility index (Phi) is 4.35. The summed E-state index contributed by atoms with van der Waals surface area (Å²) in [5.74, 6) is -1.01. The van der Waals surface area contributed by atoms with Crippen LogP contribution in [0, 0.1) is 11.6 Å². The highest BCUT2D eigenvalue weighted by Crippen LogP contribution is 2.24. The fourth-order valence-electron chi connectivity index (χ4n) is 2.35. The minimum absolute atomic E-state index is 0.0898. The SMILES string of the molecule is C[C@@H]1CN(Cc2c(F)ccc(Br)c2F)C[C@H](C)O1. The van der Waals surface area contributed by atoms with Gasteiger partial charge in [0.2, 0.25) is 0 Å². The predicted molar refractivity (Wildman–Crippen MR) is 69.3 cm³/mol. The standard InChI is InChI=1S/C13H16BrF2NO/c1-8-5-17(6-9(2)18-8)7-10-12(15)4-3-11(14)13(10)16/h3-4,8-9H,5-7H2,1-2H3/t8-,9+. The Hall–Kier alpha value is -0.520. The molecule has 0 amide bonds. The molecule has 5 heteroatoms. The lowest BCUT2D eigenvalue weighted by molar-refractivity contribution is -0.0709. The van der Waals surface area contributed by atoms with Crippen molar-refractivity contribution in [2.24, 2.45) is 0 Å². The molecule has 0 radical (unpaired) electrons. The topological polar surface area (TPSA) is 12.5 Å². The summed E-state index contributed by atoms with van der Waals surface area (Å²) in [6.07, 6.45) is 0.180. The zero-order valence-electron chi connectivity index (χ0n) is 10.4. The number of hydrogen-bond donors (Lipinski definition) is 0. The van der Waals surface area contributed by atoms with E-state index in [0.29, 0.717) is 17.6 Å². The van der Waals surface area contributed by atoms with E-state index in [1.165, 1.54) is 12.1 Å². The van der Waals surface area contributed by atoms with Gasteiger partial charge < -0.3 is 4.74 Å². The quantitative estimate of drug-likeness (QED) is 0.775. The van der Waals surface area contributed by atoms with E-state index in [1.54, 1.807) is 0 Å². The highest BCUT2D eigenvalue weighted by atomic mass is 79.9. The summed E-state index contributed by atoms with van der Waals surface area (Å²) >= 11 is 3.08. The third-order valence-corrected chi connectivity index (χ3v) is 3.63. The highest BCUT2D eigenvalue weighted by Gasteiger charge is 2.24. The van der Waals surface area contributed by atoms with Gasteiger partial charge in [-0.15, -0.1) is 0 Å². The second-order valence-electron chi connectivity index (χ2n) is 4.77. The molecule has 2 rings (SSSR count). The first-order valence-corrected chi connectivity index (χ1v) is 6.77. The van der Waals surface area contributed by atoms with Gasteiger partial charge in [-0.3, -0.25) is 4.90 Å². The fourth-order valence-corrected chi connectivity index (χ4v) is 2.72. The third kappa shape index (κ3) is 3.08. The van der Waals surface area contributed by atoms with Crippen molar-refractivity contribution in [3.63, 3.8) is 0 Å². The van der Waals surface area contributed by atoms with Crippen molar-refractivity contribution < 1.29 is 13.5 Å². The van der Waals surface area contributed by atoms with Gasteiger partial charge in [0.15, 0.2) is 0 Å². The monoisotopic (exact) mass is 319 g/mol. The summed E-state index contributed by atoms with van der Waals surface area (Å²) in [5, 5.41) is 0. The van der Waals surface area contributed by atoms with Gasteiger partial charge >= 0.3 is 0 Å². The maximum absolute atomic E-state index is 13.9. The molecule has 1 aliphatic heterocycles. The lowest BCUT2D eigenvalue weighted by Crippen LogP contribution is -2.45. The van der Waals surface area contributed by atoms with Crippen LogP contribution in [0.3, 0.4) is 0 Å². The molecule has 1 saturated heterocycles. The van der Waals surface area contributed by atoms with Gasteiger partial charge in [0.05, 0.1) is 16.7 Å². The van der Waals surface area contributed by atoms with E-state index < -0.39 is 11.6 Å². The Morgan fingerprint density at radius 3 is 2.50 bits per heavy atom. The summed E-state index contributed by atoms with van der Waals surface area (Å²) < 4.78 is 33.4. The largest absolute Gasteiger partial charge is 0.373 e. The molecular weight excluding hydrogens is 304 g/mol. The molecule has 0 bridgehead atoms. The second kappa shape index (κ2) is 5.63. The summed E-state index contributed by atoms with van der Waals surface area (Å²) in [6, 6.07) is 2.68. The van der Waals surface area contributed by atoms with E-state index in [-0.39, 0.29) is 24.3 Å². The van der Waals surface area contributed by atoms with E-state index in [0.717, 1.165) is 0 Å². The Morgan fingerprint density at radius 1 is 1.28 bits per heavy atom. The lowest BCUT2D eigenvalue weighted by Gasteiger charge is -2.35. The molecule has 0 aromatic heterocycles. The number of rotatable bonds is 2. The Balaban J connectivity index is 2.16. The summed E-state index contributed by atoms with van der Waals surface area (Å²) in [7, 11) is 0. The second-order valence-corrected chi connectivity index (χ2v) is 5.63. The van der Waals surface area contributed by atoms with Crippen LogP contribution < -0.4 is 0 Å². The Morgan fingerprint density at radius 2 is 1.89 bits per heavy atom. The van der Waals surface area contributed by atoms with E-state index in [9.17, 15) is 8.78 Å². The summed E-state index contributed by atoms with van der Waals surface area (Å²) in [6.45, 7) is 5.59. The average Bonchev–Trinajstić information content (AvgIpc) is 2.28. The molecule has 0 spiro atoms. The summed E-state index contributed by atoms with van der Waals surface area (Å²) in [5.41, 5.74) is 0.116. The third-order valence-electron chi connectivity index (χ3n) is 3.02. The van der Waals surface area contributed by atoms with E-state index >= 15 is 0 Å². The van der Waals surface area contributed by atoms with E-state index in [1.807, 2.05) is 18.7 Å². The van der Waals surface area contributed by atoms with Crippen molar-refractivity contribution in [1.29, 1.82) is 0 Å². The molecule has 1 fully saturated rings. The van der Waals surface area contributed by atoms with Gasteiger partial charge in [-0.05, 0) is 41.9 Å². The van der Waals surface area contributed by atoms with Crippen LogP contribution in [0.5, 0.6) is 0 Å². The van der Waals surface area contributed by atoms with Crippen molar-refractivity contribution in [2.75, 3.05) is 13.1 Å². The van der Waals surface area contributed by atoms with Gasteiger partial charge in [-0.1, -0.05) is 0 Å². The molecule has 0 saturated carbocycles. The van der Waals surface area contributed by atoms with Crippen molar-refractivity contribution in [1.82, 2.24) is 4.90 Å². The minimum atomic E-state index is -0.512. The first-order chi connectivity index (χ1) is 8.47. The molecule has 0 N–H and O–H groups in total.